The summed E-state index contributed by atoms with van der Waals surface area (Å²) in [5.41, 5.74) is 7.77. The molecule has 0 bridgehead atoms. The maximum atomic E-state index is 5.81. The number of ether oxygens (including phenoxy) is 1. The van der Waals surface area contributed by atoms with Gasteiger partial charge in [0.2, 0.25) is 0 Å². The summed E-state index contributed by atoms with van der Waals surface area (Å²) < 4.78 is 5.54. The van der Waals surface area contributed by atoms with E-state index in [1.807, 2.05) is 12.1 Å². The van der Waals surface area contributed by atoms with E-state index in [0.717, 1.165) is 49.7 Å². The van der Waals surface area contributed by atoms with Crippen LogP contribution in [0, 0.1) is 5.92 Å². The van der Waals surface area contributed by atoms with Crippen molar-refractivity contribution < 1.29 is 4.74 Å². The molecular weight excluding hydrogens is 290 g/mol. The molecule has 6 nitrogen and oxygen atoms in total. The maximum absolute atomic E-state index is 5.81. The van der Waals surface area contributed by atoms with Crippen LogP contribution in [0.5, 0.6) is 0 Å². The zero-order valence-electron chi connectivity index (χ0n) is 13.2. The number of nitrogens with zero attached hydrogens (tertiary/aromatic N) is 4. The second-order valence-electron chi connectivity index (χ2n) is 6.13. The molecule has 0 unspecified atom stereocenters. The fraction of sp³-hybridized carbons (Fsp3) is 0.412. The third-order valence-corrected chi connectivity index (χ3v) is 4.28. The van der Waals surface area contributed by atoms with Gasteiger partial charge in [-0.05, 0) is 31.9 Å². The number of pyridine rings is 1. The second-order valence-corrected chi connectivity index (χ2v) is 6.13. The first-order valence-electron chi connectivity index (χ1n) is 8.01. The number of hydrogen-bond donors (Lipinski definition) is 1. The Balaban J connectivity index is 1.76. The third kappa shape index (κ3) is 2.99. The molecule has 6 heteroatoms. The first kappa shape index (κ1) is 14.4. The first-order valence-corrected chi connectivity index (χ1v) is 8.01. The van der Waals surface area contributed by atoms with Crippen molar-refractivity contribution in [1.29, 1.82) is 0 Å². The zero-order chi connectivity index (χ0) is 15.8. The number of morpholine rings is 1. The van der Waals surface area contributed by atoms with Crippen LogP contribution in [-0.4, -0.2) is 40.8 Å². The minimum Gasteiger partial charge on any atom is -0.384 e. The molecule has 1 radical (unpaired) electrons. The Kier molecular flexibility index (Phi) is 3.61. The highest BCUT2D eigenvalue weighted by Gasteiger charge is 2.29. The van der Waals surface area contributed by atoms with Crippen molar-refractivity contribution in [3.05, 3.63) is 36.0 Å². The lowest BCUT2D eigenvalue weighted by molar-refractivity contribution is 0.0985. The van der Waals surface area contributed by atoms with Crippen LogP contribution in [-0.2, 0) is 4.74 Å². The summed E-state index contributed by atoms with van der Waals surface area (Å²) >= 11 is 0. The van der Waals surface area contributed by atoms with Crippen molar-refractivity contribution in [1.82, 2.24) is 15.0 Å². The fourth-order valence-electron chi connectivity index (χ4n) is 2.87. The summed E-state index contributed by atoms with van der Waals surface area (Å²) in [6, 6.07) is 6.15. The molecular formula is C17H20N5O. The normalized spacial score (nSPS) is 21.4. The van der Waals surface area contributed by atoms with Crippen LogP contribution in [0.4, 0.5) is 11.6 Å². The zero-order valence-corrected chi connectivity index (χ0v) is 13.2. The lowest BCUT2D eigenvalue weighted by Gasteiger charge is -2.34. The van der Waals surface area contributed by atoms with Gasteiger partial charge in [-0.25, -0.2) is 15.0 Å². The molecule has 2 N–H and O–H groups in total. The Morgan fingerprint density at radius 3 is 2.87 bits per heavy atom. The van der Waals surface area contributed by atoms with Gasteiger partial charge in [0.25, 0.3) is 0 Å². The number of aromatic nitrogens is 3. The van der Waals surface area contributed by atoms with E-state index in [9.17, 15) is 0 Å². The van der Waals surface area contributed by atoms with E-state index in [1.54, 1.807) is 6.20 Å². The summed E-state index contributed by atoms with van der Waals surface area (Å²) in [5.74, 6) is 3.56. The molecule has 0 spiro atoms. The number of nitrogens with two attached hydrogens (primary N) is 1. The van der Waals surface area contributed by atoms with Crippen LogP contribution in [0.3, 0.4) is 0 Å². The van der Waals surface area contributed by atoms with E-state index in [0.29, 0.717) is 17.7 Å². The van der Waals surface area contributed by atoms with E-state index in [2.05, 4.69) is 22.9 Å². The van der Waals surface area contributed by atoms with Crippen molar-refractivity contribution >= 4 is 11.6 Å². The van der Waals surface area contributed by atoms with E-state index < -0.39 is 0 Å². The molecule has 4 rings (SSSR count). The van der Waals surface area contributed by atoms with Crippen LogP contribution in [0.15, 0.2) is 24.4 Å². The number of hydrogen-bond acceptors (Lipinski definition) is 6. The van der Waals surface area contributed by atoms with E-state index in [-0.39, 0.29) is 0 Å². The number of anilines is 2. The quantitative estimate of drug-likeness (QED) is 0.935. The van der Waals surface area contributed by atoms with Crippen LogP contribution in [0.2, 0.25) is 0 Å². The highest BCUT2D eigenvalue weighted by Crippen LogP contribution is 2.39. The highest BCUT2D eigenvalue weighted by molar-refractivity contribution is 5.62. The number of nitrogen functional groups attached to an aromatic ring is 1. The molecule has 2 aromatic rings. The van der Waals surface area contributed by atoms with Gasteiger partial charge in [-0.3, -0.25) is 0 Å². The van der Waals surface area contributed by atoms with E-state index in [4.69, 9.17) is 20.4 Å². The first-order chi connectivity index (χ1) is 11.2. The topological polar surface area (TPSA) is 77.2 Å². The van der Waals surface area contributed by atoms with Crippen LogP contribution in [0.1, 0.15) is 25.5 Å². The Bertz CT molecular complexity index is 716. The van der Waals surface area contributed by atoms with Crippen LogP contribution in [0.25, 0.3) is 11.4 Å². The van der Waals surface area contributed by atoms with Crippen molar-refractivity contribution in [3.63, 3.8) is 0 Å². The average Bonchev–Trinajstić information content (AvgIpc) is 3.40. The highest BCUT2D eigenvalue weighted by atomic mass is 16.5. The lowest BCUT2D eigenvalue weighted by atomic mass is 10.2. The molecule has 1 aliphatic carbocycles. The summed E-state index contributed by atoms with van der Waals surface area (Å²) in [6.45, 7) is 4.48. The summed E-state index contributed by atoms with van der Waals surface area (Å²) in [7, 11) is 0. The van der Waals surface area contributed by atoms with Gasteiger partial charge < -0.3 is 15.4 Å². The molecule has 2 aromatic heterocycles. The van der Waals surface area contributed by atoms with Crippen molar-refractivity contribution in [2.45, 2.75) is 25.8 Å². The van der Waals surface area contributed by atoms with Crippen molar-refractivity contribution in [3.8, 4) is 11.4 Å². The molecule has 0 aromatic carbocycles. The van der Waals surface area contributed by atoms with Gasteiger partial charge in [0.05, 0.1) is 24.9 Å². The molecule has 1 saturated heterocycles. The minimum atomic E-state index is 0.311. The van der Waals surface area contributed by atoms with Gasteiger partial charge in [-0.2, -0.15) is 0 Å². The standard InChI is InChI=1S/C17H20N5O/c1-11-10-23-7-6-22(11)16-9-14(12-2-3-12)20-17(21-16)13-4-5-19-15(18)8-13/h4-5,8-9,11H,2-3,6-7,10H2,1H3,(H2,18,19)/t11-/m1/s1. The summed E-state index contributed by atoms with van der Waals surface area (Å²) in [5, 5.41) is 0. The van der Waals surface area contributed by atoms with Crippen molar-refractivity contribution in [2.24, 2.45) is 0 Å². The monoisotopic (exact) mass is 310 g/mol. The Morgan fingerprint density at radius 2 is 2.13 bits per heavy atom. The summed E-state index contributed by atoms with van der Waals surface area (Å²) in [4.78, 5) is 15.9. The van der Waals surface area contributed by atoms with E-state index >= 15 is 0 Å². The molecule has 2 fully saturated rings. The largest absolute Gasteiger partial charge is 0.384 e. The molecule has 23 heavy (non-hydrogen) atoms. The smallest absolute Gasteiger partial charge is 0.161 e. The maximum Gasteiger partial charge on any atom is 0.161 e. The van der Waals surface area contributed by atoms with Gasteiger partial charge in [0, 0.05) is 30.3 Å². The Labute approximate surface area is 135 Å². The Hall–Kier alpha value is -2.21. The molecule has 1 aliphatic heterocycles. The second kappa shape index (κ2) is 5.77. The SMILES string of the molecule is C[C@@H]1COCCN1c1cc([C]2CC2)nc(-c2ccnc(N)c2)n1. The fourth-order valence-corrected chi connectivity index (χ4v) is 2.87. The van der Waals surface area contributed by atoms with Gasteiger partial charge in [-0.15, -0.1) is 0 Å². The molecule has 1 atom stereocenters. The van der Waals surface area contributed by atoms with E-state index in [1.165, 1.54) is 5.92 Å². The summed E-state index contributed by atoms with van der Waals surface area (Å²) in [6.07, 6.45) is 3.96. The average molecular weight is 310 g/mol. The predicted molar refractivity (Wildman–Crippen MR) is 88.9 cm³/mol. The molecule has 2 aliphatic rings. The molecule has 0 amide bonds. The predicted octanol–water partition coefficient (Wildman–Crippen LogP) is 2.06. The number of rotatable bonds is 3. The van der Waals surface area contributed by atoms with Crippen molar-refractivity contribution in [2.75, 3.05) is 30.4 Å². The van der Waals surface area contributed by atoms with Crippen LogP contribution >= 0.6 is 0 Å². The van der Waals surface area contributed by atoms with Gasteiger partial charge in [0.1, 0.15) is 11.6 Å². The molecule has 3 heterocycles. The lowest BCUT2D eigenvalue weighted by Crippen LogP contribution is -2.44. The van der Waals surface area contributed by atoms with Gasteiger partial charge in [0.15, 0.2) is 5.82 Å². The van der Waals surface area contributed by atoms with Gasteiger partial charge in [-0.1, -0.05) is 0 Å². The van der Waals surface area contributed by atoms with Gasteiger partial charge >= 0.3 is 0 Å². The third-order valence-electron chi connectivity index (χ3n) is 4.28. The molecule has 119 valence electrons. The molecule has 1 saturated carbocycles. The Morgan fingerprint density at radius 1 is 1.26 bits per heavy atom. The van der Waals surface area contributed by atoms with Crippen LogP contribution < -0.4 is 10.6 Å². The minimum absolute atomic E-state index is 0.311.